The van der Waals surface area contributed by atoms with Crippen molar-refractivity contribution < 1.29 is 19.3 Å². The van der Waals surface area contributed by atoms with Crippen molar-refractivity contribution in [3.8, 4) is 0 Å². The summed E-state index contributed by atoms with van der Waals surface area (Å²) in [7, 11) is 1.66. The molecule has 2 heterocycles. The fraction of sp³-hybridized carbons (Fsp3) is 0.933. The van der Waals surface area contributed by atoms with E-state index in [4.69, 9.17) is 4.74 Å². The SMILES string of the molecule is COCCNC(=O)C[NH+]1CCC([NH+]2CCCCC2)CC1. The molecule has 3 N–H and O–H groups in total. The van der Waals surface area contributed by atoms with Crippen molar-refractivity contribution in [3.05, 3.63) is 0 Å². The third-order valence-electron chi connectivity index (χ3n) is 4.80. The molecule has 2 aliphatic rings. The minimum atomic E-state index is 0.167. The van der Waals surface area contributed by atoms with E-state index in [-0.39, 0.29) is 5.91 Å². The summed E-state index contributed by atoms with van der Waals surface area (Å²) in [6, 6.07) is 0.857. The summed E-state index contributed by atoms with van der Waals surface area (Å²) in [6.45, 7) is 6.92. The molecule has 0 spiro atoms. The van der Waals surface area contributed by atoms with Crippen LogP contribution in [0.5, 0.6) is 0 Å². The van der Waals surface area contributed by atoms with Crippen LogP contribution < -0.4 is 15.1 Å². The highest BCUT2D eigenvalue weighted by molar-refractivity contribution is 5.76. The number of piperidine rings is 2. The normalized spacial score (nSPS) is 28.2. The van der Waals surface area contributed by atoms with Gasteiger partial charge < -0.3 is 19.9 Å². The van der Waals surface area contributed by atoms with Gasteiger partial charge in [0.05, 0.1) is 38.8 Å². The summed E-state index contributed by atoms with van der Waals surface area (Å²) in [5, 5.41) is 2.92. The lowest BCUT2D eigenvalue weighted by Gasteiger charge is -2.35. The van der Waals surface area contributed by atoms with E-state index in [2.05, 4.69) is 5.32 Å². The van der Waals surface area contributed by atoms with Gasteiger partial charge in [-0.15, -0.1) is 0 Å². The maximum Gasteiger partial charge on any atom is 0.275 e. The molecule has 0 saturated carbocycles. The van der Waals surface area contributed by atoms with E-state index in [9.17, 15) is 4.79 Å². The minimum Gasteiger partial charge on any atom is -0.383 e. The van der Waals surface area contributed by atoms with Gasteiger partial charge in [0.2, 0.25) is 0 Å². The molecule has 116 valence electrons. The molecule has 20 heavy (non-hydrogen) atoms. The summed E-state index contributed by atoms with van der Waals surface area (Å²) < 4.78 is 4.94. The Bertz CT molecular complexity index is 285. The second-order valence-electron chi connectivity index (χ2n) is 6.26. The molecular formula is C15H31N3O2+2. The number of ether oxygens (including phenoxy) is 1. The molecule has 0 aromatic heterocycles. The van der Waals surface area contributed by atoms with Crippen LogP contribution in [0.3, 0.4) is 0 Å². The number of carbonyl (C=O) groups excluding carboxylic acids is 1. The lowest BCUT2D eigenvalue weighted by atomic mass is 10.00. The fourth-order valence-electron chi connectivity index (χ4n) is 3.61. The number of methoxy groups -OCH3 is 1. The van der Waals surface area contributed by atoms with Crippen molar-refractivity contribution in [3.63, 3.8) is 0 Å². The first-order valence-corrected chi connectivity index (χ1v) is 8.23. The van der Waals surface area contributed by atoms with Crippen molar-refractivity contribution in [1.29, 1.82) is 0 Å². The molecule has 5 heteroatoms. The van der Waals surface area contributed by atoms with E-state index in [0.717, 1.165) is 19.1 Å². The highest BCUT2D eigenvalue weighted by Crippen LogP contribution is 2.01. The van der Waals surface area contributed by atoms with Gasteiger partial charge in [0.25, 0.3) is 5.91 Å². The molecule has 0 aromatic carbocycles. The van der Waals surface area contributed by atoms with E-state index in [1.807, 2.05) is 4.90 Å². The molecule has 1 amide bonds. The molecular weight excluding hydrogens is 254 g/mol. The van der Waals surface area contributed by atoms with E-state index in [1.54, 1.807) is 7.11 Å². The van der Waals surface area contributed by atoms with E-state index in [0.29, 0.717) is 19.7 Å². The van der Waals surface area contributed by atoms with Crippen LogP contribution in [0.15, 0.2) is 0 Å². The van der Waals surface area contributed by atoms with E-state index >= 15 is 0 Å². The molecule has 2 rings (SSSR count). The number of quaternary nitrogens is 2. The number of hydrogen-bond donors (Lipinski definition) is 3. The summed E-state index contributed by atoms with van der Waals surface area (Å²) in [5.41, 5.74) is 0. The summed E-state index contributed by atoms with van der Waals surface area (Å²) in [4.78, 5) is 15.1. The highest BCUT2D eigenvalue weighted by atomic mass is 16.5. The summed E-state index contributed by atoms with van der Waals surface area (Å²) in [6.07, 6.45) is 6.82. The maximum atomic E-state index is 11.8. The first kappa shape index (κ1) is 15.7. The molecule has 0 aromatic rings. The lowest BCUT2D eigenvalue weighted by Crippen LogP contribution is -3.21. The average molecular weight is 285 g/mol. The van der Waals surface area contributed by atoms with Crippen LogP contribution in [0, 0.1) is 0 Å². The zero-order valence-corrected chi connectivity index (χ0v) is 12.9. The smallest absolute Gasteiger partial charge is 0.275 e. The van der Waals surface area contributed by atoms with Crippen LogP contribution >= 0.6 is 0 Å². The molecule has 0 aliphatic carbocycles. The van der Waals surface area contributed by atoms with Crippen LogP contribution in [0.4, 0.5) is 0 Å². The number of carbonyl (C=O) groups is 1. The predicted octanol–water partition coefficient (Wildman–Crippen LogP) is -2.13. The van der Waals surface area contributed by atoms with Crippen LogP contribution in [0.1, 0.15) is 32.1 Å². The zero-order valence-electron chi connectivity index (χ0n) is 12.9. The van der Waals surface area contributed by atoms with Gasteiger partial charge in [0.15, 0.2) is 6.54 Å². The van der Waals surface area contributed by atoms with Gasteiger partial charge in [0.1, 0.15) is 0 Å². The first-order chi connectivity index (χ1) is 9.79. The van der Waals surface area contributed by atoms with Crippen LogP contribution in [-0.4, -0.2) is 64.9 Å². The third-order valence-corrected chi connectivity index (χ3v) is 4.80. The van der Waals surface area contributed by atoms with E-state index < -0.39 is 0 Å². The second kappa shape index (κ2) is 8.60. The second-order valence-corrected chi connectivity index (χ2v) is 6.26. The Morgan fingerprint density at radius 1 is 1.15 bits per heavy atom. The first-order valence-electron chi connectivity index (χ1n) is 8.23. The largest absolute Gasteiger partial charge is 0.383 e. The molecule has 0 atom stereocenters. The fourth-order valence-corrected chi connectivity index (χ4v) is 3.61. The number of rotatable bonds is 6. The van der Waals surface area contributed by atoms with Crippen molar-refractivity contribution in [2.45, 2.75) is 38.1 Å². The highest BCUT2D eigenvalue weighted by Gasteiger charge is 2.31. The quantitative estimate of drug-likeness (QED) is 0.488. The molecule has 0 unspecified atom stereocenters. The van der Waals surface area contributed by atoms with Crippen LogP contribution in [0.2, 0.25) is 0 Å². The van der Waals surface area contributed by atoms with Gasteiger partial charge in [-0.25, -0.2) is 0 Å². The maximum absolute atomic E-state index is 11.8. The topological polar surface area (TPSA) is 47.2 Å². The monoisotopic (exact) mass is 285 g/mol. The lowest BCUT2D eigenvalue weighted by molar-refractivity contribution is -0.958. The van der Waals surface area contributed by atoms with Gasteiger partial charge in [-0.05, 0) is 19.3 Å². The average Bonchev–Trinajstić information content (AvgIpc) is 2.49. The van der Waals surface area contributed by atoms with Gasteiger partial charge >= 0.3 is 0 Å². The summed E-state index contributed by atoms with van der Waals surface area (Å²) in [5.74, 6) is 0.167. The standard InChI is InChI=1S/C15H29N3O2/c1-20-12-7-16-15(19)13-17-10-5-14(6-11-17)18-8-3-2-4-9-18/h14H,2-13H2,1H3,(H,16,19)/p+2. The van der Waals surface area contributed by atoms with Crippen LogP contribution in [-0.2, 0) is 9.53 Å². The Kier molecular flexibility index (Phi) is 6.76. The summed E-state index contributed by atoms with van der Waals surface area (Å²) >= 11 is 0. The van der Waals surface area contributed by atoms with Crippen molar-refractivity contribution >= 4 is 5.91 Å². The van der Waals surface area contributed by atoms with Gasteiger partial charge in [-0.2, -0.15) is 0 Å². The Hall–Kier alpha value is -0.650. The minimum absolute atomic E-state index is 0.167. The van der Waals surface area contributed by atoms with Gasteiger partial charge in [-0.3, -0.25) is 4.79 Å². The molecule has 2 aliphatic heterocycles. The van der Waals surface area contributed by atoms with Crippen LogP contribution in [0.25, 0.3) is 0 Å². The van der Waals surface area contributed by atoms with E-state index in [1.165, 1.54) is 50.1 Å². The predicted molar refractivity (Wildman–Crippen MR) is 78.0 cm³/mol. The Labute approximate surface area is 122 Å². The third kappa shape index (κ3) is 5.04. The van der Waals surface area contributed by atoms with Crippen molar-refractivity contribution in [2.24, 2.45) is 0 Å². The number of hydrogen-bond acceptors (Lipinski definition) is 2. The molecule has 2 fully saturated rings. The molecule has 0 radical (unpaired) electrons. The Morgan fingerprint density at radius 2 is 1.85 bits per heavy atom. The number of nitrogens with one attached hydrogen (secondary N) is 3. The number of likely N-dealkylation sites (tertiary alicyclic amines) is 2. The van der Waals surface area contributed by atoms with Gasteiger partial charge in [0, 0.05) is 26.5 Å². The zero-order chi connectivity index (χ0) is 14.2. The molecule has 2 saturated heterocycles. The van der Waals surface area contributed by atoms with Crippen molar-refractivity contribution in [2.75, 3.05) is 53.0 Å². The number of amides is 1. The van der Waals surface area contributed by atoms with Crippen molar-refractivity contribution in [1.82, 2.24) is 5.32 Å². The van der Waals surface area contributed by atoms with Gasteiger partial charge in [-0.1, -0.05) is 0 Å². The Morgan fingerprint density at radius 3 is 2.50 bits per heavy atom. The molecule has 5 nitrogen and oxygen atoms in total. The molecule has 0 bridgehead atoms. The Balaban J connectivity index is 1.62.